The van der Waals surface area contributed by atoms with Crippen LogP contribution in [-0.4, -0.2) is 6.54 Å². The number of halogens is 3. The number of hydrogen-bond acceptors (Lipinski definition) is 2. The van der Waals surface area contributed by atoms with Gasteiger partial charge in [0.05, 0.1) is 11.6 Å². The van der Waals surface area contributed by atoms with Crippen LogP contribution in [0.5, 0.6) is 0 Å². The third kappa shape index (κ3) is 4.20. The first kappa shape index (κ1) is 18.4. The molecule has 2 nitrogen and oxygen atoms in total. The van der Waals surface area contributed by atoms with Crippen molar-refractivity contribution in [3.8, 4) is 6.07 Å². The van der Waals surface area contributed by atoms with Gasteiger partial charge in [-0.3, -0.25) is 0 Å². The lowest BCUT2D eigenvalue weighted by Crippen LogP contribution is -2.19. The molecule has 0 aliphatic carbocycles. The average molecular weight is 339 g/mol. The molecule has 0 saturated carbocycles. The molecule has 116 valence electrons. The highest BCUT2D eigenvalue weighted by atomic mass is 35.5. The standard InChI is InChI=1S/C17H16ClFN2.ClH/c1-11(13-2-4-15(18)5-3-13)17(10-21)14-6-12(9-20)7-16(19)8-14;/h2-8,11,17H,10,21H2,1H3;1H. The molecule has 2 rings (SSSR count). The van der Waals surface area contributed by atoms with Gasteiger partial charge >= 0.3 is 0 Å². The Morgan fingerprint density at radius 2 is 1.82 bits per heavy atom. The Hall–Kier alpha value is -1.60. The highest BCUT2D eigenvalue weighted by Gasteiger charge is 2.20. The fourth-order valence-electron chi connectivity index (χ4n) is 2.52. The summed E-state index contributed by atoms with van der Waals surface area (Å²) >= 11 is 5.90. The molecule has 0 spiro atoms. The molecule has 0 saturated heterocycles. The zero-order valence-corrected chi connectivity index (χ0v) is 13.7. The second kappa shape index (κ2) is 8.14. The van der Waals surface area contributed by atoms with Crippen LogP contribution in [0.15, 0.2) is 42.5 Å². The zero-order chi connectivity index (χ0) is 15.4. The van der Waals surface area contributed by atoms with Crippen LogP contribution < -0.4 is 5.73 Å². The number of nitrogens with two attached hydrogens (primary N) is 1. The lowest BCUT2D eigenvalue weighted by atomic mass is 9.82. The summed E-state index contributed by atoms with van der Waals surface area (Å²) < 4.78 is 13.6. The molecule has 2 N–H and O–H groups in total. The Balaban J connectivity index is 0.00000242. The molecule has 2 aromatic rings. The Morgan fingerprint density at radius 3 is 2.36 bits per heavy atom. The number of nitrogens with zero attached hydrogens (tertiary/aromatic N) is 1. The molecule has 0 aliphatic heterocycles. The van der Waals surface area contributed by atoms with Crippen LogP contribution in [0.1, 0.15) is 35.4 Å². The smallest absolute Gasteiger partial charge is 0.124 e. The van der Waals surface area contributed by atoms with Crippen LogP contribution in [0.2, 0.25) is 5.02 Å². The highest BCUT2D eigenvalue weighted by Crippen LogP contribution is 2.33. The van der Waals surface area contributed by atoms with E-state index in [1.807, 2.05) is 37.3 Å². The van der Waals surface area contributed by atoms with Crippen molar-refractivity contribution in [1.82, 2.24) is 0 Å². The maximum absolute atomic E-state index is 13.6. The summed E-state index contributed by atoms with van der Waals surface area (Å²) in [5.41, 5.74) is 8.02. The van der Waals surface area contributed by atoms with Gasteiger partial charge in [0.1, 0.15) is 5.82 Å². The SMILES string of the molecule is CC(c1ccc(Cl)cc1)C(CN)c1cc(F)cc(C#N)c1.Cl. The van der Waals surface area contributed by atoms with E-state index >= 15 is 0 Å². The third-order valence-electron chi connectivity index (χ3n) is 3.73. The molecule has 2 unspecified atom stereocenters. The molecular weight excluding hydrogens is 322 g/mol. The minimum Gasteiger partial charge on any atom is -0.330 e. The molecule has 0 bridgehead atoms. The summed E-state index contributed by atoms with van der Waals surface area (Å²) in [6, 6.07) is 13.9. The van der Waals surface area contributed by atoms with E-state index in [9.17, 15) is 4.39 Å². The van der Waals surface area contributed by atoms with E-state index in [1.54, 1.807) is 6.07 Å². The predicted molar refractivity (Wildman–Crippen MR) is 90.0 cm³/mol. The topological polar surface area (TPSA) is 49.8 Å². The molecule has 2 aromatic carbocycles. The summed E-state index contributed by atoms with van der Waals surface area (Å²) in [4.78, 5) is 0. The van der Waals surface area contributed by atoms with E-state index in [0.29, 0.717) is 17.1 Å². The number of nitriles is 1. The second-order valence-electron chi connectivity index (χ2n) is 5.07. The van der Waals surface area contributed by atoms with Crippen molar-refractivity contribution >= 4 is 24.0 Å². The summed E-state index contributed by atoms with van der Waals surface area (Å²) in [6.07, 6.45) is 0. The van der Waals surface area contributed by atoms with Crippen LogP contribution in [0, 0.1) is 17.1 Å². The van der Waals surface area contributed by atoms with E-state index in [2.05, 4.69) is 0 Å². The van der Waals surface area contributed by atoms with E-state index in [4.69, 9.17) is 22.6 Å². The first-order valence-electron chi connectivity index (χ1n) is 6.71. The van der Waals surface area contributed by atoms with Crippen molar-refractivity contribution in [2.45, 2.75) is 18.8 Å². The first-order valence-corrected chi connectivity index (χ1v) is 7.09. The van der Waals surface area contributed by atoms with Gasteiger partial charge in [-0.25, -0.2) is 4.39 Å². The molecule has 0 aromatic heterocycles. The fraction of sp³-hybridized carbons (Fsp3) is 0.235. The fourth-order valence-corrected chi connectivity index (χ4v) is 2.64. The van der Waals surface area contributed by atoms with Crippen molar-refractivity contribution in [3.63, 3.8) is 0 Å². The Labute approximate surface area is 141 Å². The highest BCUT2D eigenvalue weighted by molar-refractivity contribution is 6.30. The normalized spacial score (nSPS) is 12.9. The summed E-state index contributed by atoms with van der Waals surface area (Å²) in [5, 5.41) is 9.64. The van der Waals surface area contributed by atoms with Crippen molar-refractivity contribution in [1.29, 1.82) is 5.26 Å². The lowest BCUT2D eigenvalue weighted by Gasteiger charge is -2.24. The number of benzene rings is 2. The predicted octanol–water partition coefficient (Wildman–Crippen LogP) is 4.62. The van der Waals surface area contributed by atoms with Crippen molar-refractivity contribution < 1.29 is 4.39 Å². The minimum atomic E-state index is -0.411. The van der Waals surface area contributed by atoms with Crippen LogP contribution in [-0.2, 0) is 0 Å². The molecule has 0 radical (unpaired) electrons. The molecular formula is C17H17Cl2FN2. The molecule has 0 aliphatic rings. The maximum Gasteiger partial charge on any atom is 0.124 e. The van der Waals surface area contributed by atoms with E-state index in [-0.39, 0.29) is 24.2 Å². The molecule has 2 atom stereocenters. The number of rotatable bonds is 4. The number of hydrogen-bond donors (Lipinski definition) is 1. The molecule has 5 heteroatoms. The van der Waals surface area contributed by atoms with E-state index in [1.165, 1.54) is 12.1 Å². The summed E-state index contributed by atoms with van der Waals surface area (Å²) in [7, 11) is 0. The Morgan fingerprint density at radius 1 is 1.18 bits per heavy atom. The molecule has 22 heavy (non-hydrogen) atoms. The van der Waals surface area contributed by atoms with E-state index in [0.717, 1.165) is 11.1 Å². The molecule has 0 amide bonds. The van der Waals surface area contributed by atoms with Crippen LogP contribution in [0.25, 0.3) is 0 Å². The third-order valence-corrected chi connectivity index (χ3v) is 3.98. The van der Waals surface area contributed by atoms with Gasteiger partial charge in [-0.1, -0.05) is 30.7 Å². The van der Waals surface area contributed by atoms with Gasteiger partial charge in [0.15, 0.2) is 0 Å². The van der Waals surface area contributed by atoms with Gasteiger partial charge in [0.2, 0.25) is 0 Å². The lowest BCUT2D eigenvalue weighted by molar-refractivity contribution is 0.572. The zero-order valence-electron chi connectivity index (χ0n) is 12.1. The first-order chi connectivity index (χ1) is 10.0. The minimum absolute atomic E-state index is 0. The van der Waals surface area contributed by atoms with E-state index < -0.39 is 5.82 Å². The van der Waals surface area contributed by atoms with Gasteiger partial charge in [-0.05, 0) is 53.9 Å². The molecule has 0 heterocycles. The van der Waals surface area contributed by atoms with Gasteiger partial charge < -0.3 is 5.73 Å². The Kier molecular flexibility index (Phi) is 6.83. The van der Waals surface area contributed by atoms with Gasteiger partial charge in [-0.15, -0.1) is 12.4 Å². The van der Waals surface area contributed by atoms with Crippen LogP contribution >= 0.6 is 24.0 Å². The van der Waals surface area contributed by atoms with Gasteiger partial charge in [-0.2, -0.15) is 5.26 Å². The van der Waals surface area contributed by atoms with Crippen molar-refractivity contribution in [2.75, 3.05) is 6.54 Å². The van der Waals surface area contributed by atoms with Crippen LogP contribution in [0.4, 0.5) is 4.39 Å². The quantitative estimate of drug-likeness (QED) is 0.884. The largest absolute Gasteiger partial charge is 0.330 e. The average Bonchev–Trinajstić information content (AvgIpc) is 2.48. The van der Waals surface area contributed by atoms with Crippen molar-refractivity contribution in [3.05, 3.63) is 70.0 Å². The summed E-state index contributed by atoms with van der Waals surface area (Å²) in [5.74, 6) is -0.375. The monoisotopic (exact) mass is 338 g/mol. The summed E-state index contributed by atoms with van der Waals surface area (Å²) in [6.45, 7) is 2.41. The molecule has 0 fully saturated rings. The van der Waals surface area contributed by atoms with Crippen molar-refractivity contribution in [2.24, 2.45) is 5.73 Å². The van der Waals surface area contributed by atoms with Crippen LogP contribution in [0.3, 0.4) is 0 Å². The van der Waals surface area contributed by atoms with Gasteiger partial charge in [0.25, 0.3) is 0 Å². The van der Waals surface area contributed by atoms with Gasteiger partial charge in [0, 0.05) is 10.9 Å². The second-order valence-corrected chi connectivity index (χ2v) is 5.50. The Bertz CT molecular complexity index is 665. The maximum atomic E-state index is 13.6.